The summed E-state index contributed by atoms with van der Waals surface area (Å²) in [7, 11) is 3.25. The summed E-state index contributed by atoms with van der Waals surface area (Å²) >= 11 is 0. The van der Waals surface area contributed by atoms with Crippen molar-refractivity contribution in [3.63, 3.8) is 0 Å². The molecule has 0 aliphatic heterocycles. The van der Waals surface area contributed by atoms with Gasteiger partial charge in [0.25, 0.3) is 0 Å². The first-order chi connectivity index (χ1) is 9.08. The molecule has 0 saturated carbocycles. The third kappa shape index (κ3) is 4.89. The van der Waals surface area contributed by atoms with Crippen molar-refractivity contribution in [1.82, 2.24) is 0 Å². The maximum absolute atomic E-state index is 11.9. The zero-order valence-electron chi connectivity index (χ0n) is 11.7. The van der Waals surface area contributed by atoms with Crippen molar-refractivity contribution in [2.45, 2.75) is 25.8 Å². The van der Waals surface area contributed by atoms with Gasteiger partial charge in [0.15, 0.2) is 0 Å². The van der Waals surface area contributed by atoms with Crippen LogP contribution >= 0.6 is 0 Å². The number of benzene rings is 1. The molecule has 1 rings (SSSR count). The Bertz CT molecular complexity index is 421. The average molecular weight is 266 g/mol. The lowest BCUT2D eigenvalue weighted by atomic mass is 10.1. The van der Waals surface area contributed by atoms with Gasteiger partial charge in [-0.3, -0.25) is 4.79 Å². The van der Waals surface area contributed by atoms with E-state index in [0.717, 1.165) is 23.4 Å². The minimum absolute atomic E-state index is 0.180. The van der Waals surface area contributed by atoms with E-state index in [1.807, 2.05) is 19.1 Å². The van der Waals surface area contributed by atoms with Crippen molar-refractivity contribution in [1.29, 1.82) is 0 Å². The molecule has 1 atom stereocenters. The number of anilines is 1. The van der Waals surface area contributed by atoms with Crippen LogP contribution < -0.4 is 15.8 Å². The normalized spacial score (nSPS) is 12.0. The van der Waals surface area contributed by atoms with E-state index in [1.165, 1.54) is 0 Å². The van der Waals surface area contributed by atoms with Gasteiger partial charge >= 0.3 is 0 Å². The van der Waals surface area contributed by atoms with E-state index in [1.54, 1.807) is 20.3 Å². The van der Waals surface area contributed by atoms with Gasteiger partial charge in [0.2, 0.25) is 5.91 Å². The van der Waals surface area contributed by atoms with Crippen molar-refractivity contribution >= 4 is 11.6 Å². The zero-order valence-corrected chi connectivity index (χ0v) is 11.7. The summed E-state index contributed by atoms with van der Waals surface area (Å²) < 4.78 is 10.1. The lowest BCUT2D eigenvalue weighted by Crippen LogP contribution is -2.35. The first kappa shape index (κ1) is 15.5. The van der Waals surface area contributed by atoms with Crippen molar-refractivity contribution in [3.05, 3.63) is 23.8 Å². The quantitative estimate of drug-likeness (QED) is 0.737. The number of hydrogen-bond donors (Lipinski definition) is 2. The lowest BCUT2D eigenvalue weighted by Gasteiger charge is -2.13. The summed E-state index contributed by atoms with van der Waals surface area (Å²) in [5, 5.41) is 2.80. The topological polar surface area (TPSA) is 73.6 Å². The van der Waals surface area contributed by atoms with Crippen LogP contribution in [0.15, 0.2) is 18.2 Å². The number of hydrogen-bond acceptors (Lipinski definition) is 4. The Morgan fingerprint density at radius 1 is 1.42 bits per heavy atom. The van der Waals surface area contributed by atoms with E-state index in [0.29, 0.717) is 13.0 Å². The molecular weight excluding hydrogens is 244 g/mol. The average Bonchev–Trinajstić information content (AvgIpc) is 2.39. The zero-order chi connectivity index (χ0) is 14.3. The van der Waals surface area contributed by atoms with E-state index in [4.69, 9.17) is 15.2 Å². The van der Waals surface area contributed by atoms with Crippen molar-refractivity contribution < 1.29 is 14.3 Å². The second kappa shape index (κ2) is 7.76. The maximum Gasteiger partial charge on any atom is 0.241 e. The highest BCUT2D eigenvalue weighted by molar-refractivity contribution is 5.94. The van der Waals surface area contributed by atoms with Gasteiger partial charge in [-0.2, -0.15) is 0 Å². The minimum Gasteiger partial charge on any atom is -0.496 e. The number of rotatable bonds is 7. The van der Waals surface area contributed by atoms with Crippen molar-refractivity contribution in [2.24, 2.45) is 5.73 Å². The third-order valence-corrected chi connectivity index (χ3v) is 2.86. The Hall–Kier alpha value is -1.59. The molecule has 0 aromatic heterocycles. The fraction of sp³-hybridized carbons (Fsp3) is 0.500. The molecule has 1 amide bonds. The number of ether oxygens (including phenoxy) is 2. The first-order valence-electron chi connectivity index (χ1n) is 6.28. The number of amides is 1. The molecule has 1 aromatic carbocycles. The van der Waals surface area contributed by atoms with Crippen LogP contribution in [0.25, 0.3) is 0 Å². The second-order valence-corrected chi connectivity index (χ2v) is 4.42. The number of aryl methyl sites for hydroxylation is 1. The van der Waals surface area contributed by atoms with Crippen LogP contribution in [0, 0.1) is 6.92 Å². The van der Waals surface area contributed by atoms with E-state index < -0.39 is 6.04 Å². The van der Waals surface area contributed by atoms with Gasteiger partial charge in [-0.1, -0.05) is 0 Å². The monoisotopic (exact) mass is 266 g/mol. The Labute approximate surface area is 114 Å². The van der Waals surface area contributed by atoms with Crippen LogP contribution in [0.2, 0.25) is 0 Å². The van der Waals surface area contributed by atoms with Gasteiger partial charge < -0.3 is 20.5 Å². The molecule has 5 nitrogen and oxygen atoms in total. The van der Waals surface area contributed by atoms with E-state index in [9.17, 15) is 4.79 Å². The maximum atomic E-state index is 11.9. The Morgan fingerprint density at radius 3 is 2.74 bits per heavy atom. The number of carbonyl (C=O) groups is 1. The van der Waals surface area contributed by atoms with Gasteiger partial charge in [-0.15, -0.1) is 0 Å². The summed E-state index contributed by atoms with van der Waals surface area (Å²) in [4.78, 5) is 11.9. The molecule has 19 heavy (non-hydrogen) atoms. The van der Waals surface area contributed by atoms with E-state index in [-0.39, 0.29) is 5.91 Å². The van der Waals surface area contributed by atoms with Crippen LogP contribution in [-0.2, 0) is 9.53 Å². The number of nitrogens with one attached hydrogen (secondary N) is 1. The van der Waals surface area contributed by atoms with Crippen LogP contribution in [0.4, 0.5) is 5.69 Å². The van der Waals surface area contributed by atoms with Crippen molar-refractivity contribution in [2.75, 3.05) is 26.1 Å². The molecule has 0 aliphatic rings. The summed E-state index contributed by atoms with van der Waals surface area (Å²) in [5.41, 5.74) is 7.50. The molecule has 0 fully saturated rings. The van der Waals surface area contributed by atoms with Crippen molar-refractivity contribution in [3.8, 4) is 5.75 Å². The Kier molecular flexibility index (Phi) is 6.32. The molecule has 0 heterocycles. The predicted octanol–water partition coefficient (Wildman–Crippen LogP) is 1.70. The smallest absolute Gasteiger partial charge is 0.241 e. The largest absolute Gasteiger partial charge is 0.496 e. The van der Waals surface area contributed by atoms with Gasteiger partial charge in [0.05, 0.1) is 13.2 Å². The predicted molar refractivity (Wildman–Crippen MR) is 75.4 cm³/mol. The highest BCUT2D eigenvalue weighted by atomic mass is 16.5. The summed E-state index contributed by atoms with van der Waals surface area (Å²) in [6.07, 6.45) is 1.38. The van der Waals surface area contributed by atoms with Gasteiger partial charge in [0.1, 0.15) is 5.75 Å². The minimum atomic E-state index is -0.516. The summed E-state index contributed by atoms with van der Waals surface area (Å²) in [6, 6.07) is 4.96. The second-order valence-electron chi connectivity index (χ2n) is 4.42. The summed E-state index contributed by atoms with van der Waals surface area (Å²) in [6.45, 7) is 2.54. The molecule has 0 radical (unpaired) electrons. The van der Waals surface area contributed by atoms with E-state index >= 15 is 0 Å². The van der Waals surface area contributed by atoms with Crippen LogP contribution in [0.5, 0.6) is 5.75 Å². The number of carbonyl (C=O) groups excluding carboxylic acids is 1. The molecule has 5 heteroatoms. The standard InChI is InChI=1S/C14H22N2O3/c1-10-9-11(6-7-13(10)19-3)16-14(17)12(15)5-4-8-18-2/h6-7,9,12H,4-5,8,15H2,1-3H3,(H,16,17). The summed E-state index contributed by atoms with van der Waals surface area (Å²) in [5.74, 6) is 0.614. The van der Waals surface area contributed by atoms with Crippen LogP contribution in [0.3, 0.4) is 0 Å². The Morgan fingerprint density at radius 2 is 2.16 bits per heavy atom. The fourth-order valence-electron chi connectivity index (χ4n) is 1.77. The molecule has 3 N–H and O–H groups in total. The molecule has 0 saturated heterocycles. The SMILES string of the molecule is COCCCC(N)C(=O)Nc1ccc(OC)c(C)c1. The van der Waals surface area contributed by atoms with E-state index in [2.05, 4.69) is 5.32 Å². The molecule has 1 unspecified atom stereocenters. The highest BCUT2D eigenvalue weighted by Gasteiger charge is 2.13. The fourth-order valence-corrected chi connectivity index (χ4v) is 1.77. The molecule has 0 spiro atoms. The molecule has 0 bridgehead atoms. The highest BCUT2D eigenvalue weighted by Crippen LogP contribution is 2.21. The molecule has 0 aliphatic carbocycles. The lowest BCUT2D eigenvalue weighted by molar-refractivity contribution is -0.117. The van der Waals surface area contributed by atoms with Crippen LogP contribution in [-0.4, -0.2) is 32.8 Å². The molecule has 106 valence electrons. The molecular formula is C14H22N2O3. The third-order valence-electron chi connectivity index (χ3n) is 2.86. The number of nitrogens with two attached hydrogens (primary N) is 1. The van der Waals surface area contributed by atoms with Gasteiger partial charge in [0, 0.05) is 19.4 Å². The van der Waals surface area contributed by atoms with Gasteiger partial charge in [-0.05, 0) is 43.5 Å². The van der Waals surface area contributed by atoms with Gasteiger partial charge in [-0.25, -0.2) is 0 Å². The first-order valence-corrected chi connectivity index (χ1v) is 6.28. The Balaban J connectivity index is 2.54. The molecule has 1 aromatic rings. The van der Waals surface area contributed by atoms with Crippen LogP contribution in [0.1, 0.15) is 18.4 Å². The number of methoxy groups -OCH3 is 2.